The van der Waals surface area contributed by atoms with E-state index in [1.807, 2.05) is 109 Å². The number of aliphatic hydroxyl groups excluding tert-OH is 2. The molecule has 2 aromatic carbocycles. The summed E-state index contributed by atoms with van der Waals surface area (Å²) in [5.74, 6) is 0.677. The maximum atomic E-state index is 9.80. The third-order valence-corrected chi connectivity index (χ3v) is 3.97. The van der Waals surface area contributed by atoms with Crippen molar-refractivity contribution in [3.05, 3.63) is 132 Å². The molecular formula is C24H20FeO2. The second kappa shape index (κ2) is 10.2. The summed E-state index contributed by atoms with van der Waals surface area (Å²) < 4.78 is 0. The molecule has 0 heterocycles. The molecule has 3 heteroatoms. The van der Waals surface area contributed by atoms with Crippen LogP contribution in [0, 0.1) is 0 Å². The molecule has 0 amide bonds. The van der Waals surface area contributed by atoms with Crippen LogP contribution in [0.2, 0.25) is 0 Å². The summed E-state index contributed by atoms with van der Waals surface area (Å²) in [6, 6.07) is 19.1. The van der Waals surface area contributed by atoms with Crippen LogP contribution < -0.4 is 0 Å². The number of aliphatic hydroxyl groups is 2. The van der Waals surface area contributed by atoms with Gasteiger partial charge in [0.15, 0.2) is 0 Å². The van der Waals surface area contributed by atoms with Crippen molar-refractivity contribution in [3.63, 3.8) is 0 Å². The maximum Gasteiger partial charge on any atom is 0.130 e. The van der Waals surface area contributed by atoms with Crippen molar-refractivity contribution in [2.45, 2.75) is 0 Å². The largest absolute Gasteiger partial charge is 0.507 e. The van der Waals surface area contributed by atoms with Gasteiger partial charge in [-0.2, -0.15) is 0 Å². The minimum Gasteiger partial charge on any atom is -0.507 e. The van der Waals surface area contributed by atoms with Crippen LogP contribution in [0.5, 0.6) is 0 Å². The van der Waals surface area contributed by atoms with E-state index in [2.05, 4.69) is 0 Å². The number of benzene rings is 2. The van der Waals surface area contributed by atoms with E-state index >= 15 is 0 Å². The summed E-state index contributed by atoms with van der Waals surface area (Å²) in [6.07, 6.45) is 15.2. The van der Waals surface area contributed by atoms with Crippen LogP contribution in [0.1, 0.15) is 11.1 Å². The molecule has 0 aliphatic heterocycles. The van der Waals surface area contributed by atoms with Gasteiger partial charge in [0.1, 0.15) is 11.5 Å². The predicted octanol–water partition coefficient (Wildman–Crippen LogP) is 6.16. The van der Waals surface area contributed by atoms with Crippen LogP contribution in [-0.2, 0) is 17.1 Å². The zero-order valence-corrected chi connectivity index (χ0v) is 15.7. The van der Waals surface area contributed by atoms with E-state index in [-0.39, 0.29) is 17.1 Å². The molecule has 0 saturated carbocycles. The summed E-state index contributed by atoms with van der Waals surface area (Å²) in [4.78, 5) is 0. The first-order chi connectivity index (χ1) is 12.8. The van der Waals surface area contributed by atoms with E-state index in [0.29, 0.717) is 11.5 Å². The number of hydrogen-bond donors (Lipinski definition) is 2. The number of rotatable bonds is 2. The van der Waals surface area contributed by atoms with Gasteiger partial charge in [0.25, 0.3) is 0 Å². The van der Waals surface area contributed by atoms with Crippen molar-refractivity contribution in [1.29, 1.82) is 0 Å². The normalized spacial score (nSPS) is 13.2. The first-order valence-corrected chi connectivity index (χ1v) is 8.42. The third kappa shape index (κ3) is 5.49. The Labute approximate surface area is 170 Å². The Morgan fingerprint density at radius 1 is 0.481 bits per heavy atom. The van der Waals surface area contributed by atoms with Crippen molar-refractivity contribution in [1.82, 2.24) is 0 Å². The van der Waals surface area contributed by atoms with Crippen LogP contribution in [0.25, 0.3) is 11.5 Å². The molecule has 0 aromatic heterocycles. The smallest absolute Gasteiger partial charge is 0.130 e. The molecule has 0 saturated heterocycles. The third-order valence-electron chi connectivity index (χ3n) is 3.97. The van der Waals surface area contributed by atoms with Gasteiger partial charge in [0.05, 0.1) is 0 Å². The summed E-state index contributed by atoms with van der Waals surface area (Å²) in [5, 5.41) is 19.6. The van der Waals surface area contributed by atoms with Crippen molar-refractivity contribution in [2.75, 3.05) is 0 Å². The first-order valence-electron chi connectivity index (χ1n) is 8.42. The molecule has 2 aliphatic rings. The minimum atomic E-state index is 0. The van der Waals surface area contributed by atoms with Crippen molar-refractivity contribution >= 4 is 11.5 Å². The zero-order chi connectivity index (χ0) is 18.2. The second-order valence-corrected chi connectivity index (χ2v) is 5.78. The van der Waals surface area contributed by atoms with Crippen LogP contribution >= 0.6 is 0 Å². The van der Waals surface area contributed by atoms with Gasteiger partial charge in [-0.25, -0.2) is 0 Å². The van der Waals surface area contributed by atoms with Gasteiger partial charge in [-0.3, -0.25) is 0 Å². The van der Waals surface area contributed by atoms with Gasteiger partial charge in [0.2, 0.25) is 0 Å². The van der Waals surface area contributed by atoms with E-state index in [0.717, 1.165) is 22.3 Å². The van der Waals surface area contributed by atoms with Gasteiger partial charge in [-0.05, 0) is 0 Å². The fourth-order valence-electron chi connectivity index (χ4n) is 2.59. The van der Waals surface area contributed by atoms with Crippen LogP contribution in [0.15, 0.2) is 120 Å². The Morgan fingerprint density at radius 3 is 1.07 bits per heavy atom. The fourth-order valence-corrected chi connectivity index (χ4v) is 2.59. The molecule has 0 atom stereocenters. The Hall–Kier alpha value is -3.00. The van der Waals surface area contributed by atoms with E-state index in [1.165, 1.54) is 0 Å². The van der Waals surface area contributed by atoms with E-state index < -0.39 is 0 Å². The molecule has 2 nitrogen and oxygen atoms in total. The molecule has 2 N–H and O–H groups in total. The summed E-state index contributed by atoms with van der Waals surface area (Å²) >= 11 is 0. The Bertz CT molecular complexity index is 823. The average molecular weight is 396 g/mol. The maximum absolute atomic E-state index is 9.80. The molecule has 0 bridgehead atoms. The van der Waals surface area contributed by atoms with Crippen LogP contribution in [-0.4, -0.2) is 10.2 Å². The predicted molar refractivity (Wildman–Crippen MR) is 109 cm³/mol. The van der Waals surface area contributed by atoms with Crippen molar-refractivity contribution < 1.29 is 27.3 Å². The average Bonchev–Trinajstić information content (AvgIpc) is 3.43. The topological polar surface area (TPSA) is 40.5 Å². The van der Waals surface area contributed by atoms with E-state index in [4.69, 9.17) is 0 Å². The molecule has 4 rings (SSSR count). The second-order valence-electron chi connectivity index (χ2n) is 5.78. The summed E-state index contributed by atoms with van der Waals surface area (Å²) in [6.45, 7) is 0. The minimum absolute atomic E-state index is 0. The Kier molecular flexibility index (Phi) is 7.69. The van der Waals surface area contributed by atoms with Crippen LogP contribution in [0.4, 0.5) is 0 Å². The van der Waals surface area contributed by atoms with Crippen molar-refractivity contribution in [2.24, 2.45) is 0 Å². The standard InChI is InChI=1S/2C12H10O.Fe/c2*13-12(11-8-4-5-9-11)10-6-2-1-3-7-10;/h2*1-9,13H;. The first kappa shape index (κ1) is 20.3. The SMILES string of the molecule is OC(=C1C=CC=C1)c1ccccc1.OC(=C1C=CC=C1)c1ccccc1.[Fe]. The van der Waals surface area contributed by atoms with Gasteiger partial charge >= 0.3 is 0 Å². The van der Waals surface area contributed by atoms with Gasteiger partial charge in [0, 0.05) is 39.3 Å². The quantitative estimate of drug-likeness (QED) is 0.471. The van der Waals surface area contributed by atoms with Crippen LogP contribution in [0.3, 0.4) is 0 Å². The van der Waals surface area contributed by atoms with Crippen molar-refractivity contribution in [3.8, 4) is 0 Å². The Morgan fingerprint density at radius 2 is 0.778 bits per heavy atom. The molecule has 0 fully saturated rings. The van der Waals surface area contributed by atoms with E-state index in [1.54, 1.807) is 0 Å². The molecule has 0 spiro atoms. The zero-order valence-electron chi connectivity index (χ0n) is 14.6. The van der Waals surface area contributed by atoms with E-state index in [9.17, 15) is 10.2 Å². The molecule has 27 heavy (non-hydrogen) atoms. The van der Waals surface area contributed by atoms with Gasteiger partial charge < -0.3 is 10.2 Å². The summed E-state index contributed by atoms with van der Waals surface area (Å²) in [7, 11) is 0. The molecule has 0 unspecified atom stereocenters. The Balaban J connectivity index is 0.000000187. The number of allylic oxidation sites excluding steroid dienone is 10. The molecule has 2 aliphatic carbocycles. The number of hydrogen-bond acceptors (Lipinski definition) is 2. The molecule has 0 radical (unpaired) electrons. The summed E-state index contributed by atoms with van der Waals surface area (Å²) in [5.41, 5.74) is 3.44. The molecule has 136 valence electrons. The monoisotopic (exact) mass is 396 g/mol. The molecule has 2 aromatic rings. The van der Waals surface area contributed by atoms with Gasteiger partial charge in [-0.15, -0.1) is 0 Å². The molecular weight excluding hydrogens is 376 g/mol. The fraction of sp³-hybridized carbons (Fsp3) is 0. The van der Waals surface area contributed by atoms with Gasteiger partial charge in [-0.1, -0.05) is 109 Å².